The van der Waals surface area contributed by atoms with Crippen LogP contribution in [-0.4, -0.2) is 42.2 Å². The Balaban J connectivity index is 1.26. The Bertz CT molecular complexity index is 1280. The Morgan fingerprint density at radius 1 is 1.14 bits per heavy atom. The van der Waals surface area contributed by atoms with Crippen LogP contribution in [0, 0.1) is 0 Å². The third-order valence-corrected chi connectivity index (χ3v) is 7.35. The Labute approximate surface area is 212 Å². The first-order chi connectivity index (χ1) is 16.6. The summed E-state index contributed by atoms with van der Waals surface area (Å²) in [5.74, 6) is 0.922. The van der Waals surface area contributed by atoms with E-state index in [9.17, 15) is 9.59 Å². The van der Waals surface area contributed by atoms with Crippen LogP contribution < -0.4 is 10.1 Å². The number of furan rings is 1. The highest BCUT2D eigenvalue weighted by Gasteiger charge is 2.44. The molecule has 0 aliphatic carbocycles. The number of likely N-dealkylation sites (tertiary alicyclic amines) is 1. The van der Waals surface area contributed by atoms with Gasteiger partial charge in [-0.05, 0) is 85.4 Å². The van der Waals surface area contributed by atoms with E-state index in [2.05, 4.69) is 27.3 Å². The van der Waals surface area contributed by atoms with E-state index in [1.54, 1.807) is 6.26 Å². The molecule has 0 bridgehead atoms. The van der Waals surface area contributed by atoms with Crippen LogP contribution in [0.15, 0.2) is 51.6 Å². The molecule has 0 radical (unpaired) electrons. The van der Waals surface area contributed by atoms with Gasteiger partial charge in [0.1, 0.15) is 23.2 Å². The van der Waals surface area contributed by atoms with Crippen LogP contribution in [0.4, 0.5) is 4.79 Å². The largest absolute Gasteiger partial charge is 0.492 e. The smallest absolute Gasteiger partial charge is 0.407 e. The van der Waals surface area contributed by atoms with Crippen molar-refractivity contribution in [3.05, 3.63) is 63.8 Å². The number of amides is 2. The van der Waals surface area contributed by atoms with E-state index in [4.69, 9.17) is 13.9 Å². The van der Waals surface area contributed by atoms with Crippen LogP contribution in [0.3, 0.4) is 0 Å². The first-order valence-corrected chi connectivity index (χ1v) is 12.6. The molecule has 7 nitrogen and oxygen atoms in total. The number of rotatable bonds is 3. The number of carbonyl (C=O) groups is 2. The zero-order valence-corrected chi connectivity index (χ0v) is 21.7. The lowest BCUT2D eigenvalue weighted by Gasteiger charge is -2.38. The topological polar surface area (TPSA) is 81.0 Å². The summed E-state index contributed by atoms with van der Waals surface area (Å²) in [6.07, 6.45) is 2.85. The average molecular weight is 541 g/mol. The molecule has 3 aromatic rings. The summed E-state index contributed by atoms with van der Waals surface area (Å²) in [6.45, 7) is 7.84. The summed E-state index contributed by atoms with van der Waals surface area (Å²) < 4.78 is 17.7. The minimum atomic E-state index is -0.536. The molecular weight excluding hydrogens is 512 g/mol. The fourth-order valence-electron chi connectivity index (χ4n) is 4.87. The molecule has 2 aromatic carbocycles. The molecule has 1 saturated heterocycles. The van der Waals surface area contributed by atoms with Gasteiger partial charge in [0.15, 0.2) is 0 Å². The van der Waals surface area contributed by atoms with Gasteiger partial charge in [0.05, 0.1) is 11.1 Å². The van der Waals surface area contributed by atoms with Crippen LogP contribution in [0.1, 0.15) is 55.1 Å². The summed E-state index contributed by atoms with van der Waals surface area (Å²) in [7, 11) is 0. The fraction of sp³-hybridized carbons (Fsp3) is 0.407. The molecule has 0 saturated carbocycles. The standard InChI is InChI=1S/C27H29BrN2O5/c1-26(2,3)35-25(32)29-14-17-4-6-23-20(12-17)27(16-34-23)8-10-30(11-9-27)24(31)18-5-7-22-19(13-18)21(28)15-33-22/h4-7,12-13,15H,8-11,14,16H2,1-3H3,(H,29,32). The van der Waals surface area contributed by atoms with Crippen molar-refractivity contribution in [1.82, 2.24) is 10.2 Å². The molecule has 2 aliphatic heterocycles. The van der Waals surface area contributed by atoms with Crippen LogP contribution in [0.25, 0.3) is 11.0 Å². The van der Waals surface area contributed by atoms with Gasteiger partial charge >= 0.3 is 6.09 Å². The summed E-state index contributed by atoms with van der Waals surface area (Å²) in [5.41, 5.74) is 2.92. The van der Waals surface area contributed by atoms with Gasteiger partial charge in [-0.2, -0.15) is 0 Å². The van der Waals surface area contributed by atoms with E-state index in [1.165, 1.54) is 0 Å². The van der Waals surface area contributed by atoms with Crippen LogP contribution >= 0.6 is 15.9 Å². The SMILES string of the molecule is CC(C)(C)OC(=O)NCc1ccc2c(c1)C1(CCN(C(=O)c3ccc4occ(Br)c4c3)CC1)CO2. The van der Waals surface area contributed by atoms with Crippen molar-refractivity contribution in [3.8, 4) is 5.75 Å². The maximum absolute atomic E-state index is 13.2. The molecular formula is C27H29BrN2O5. The van der Waals surface area contributed by atoms with Gasteiger partial charge < -0.3 is 24.1 Å². The summed E-state index contributed by atoms with van der Waals surface area (Å²) in [4.78, 5) is 27.2. The second-order valence-corrected chi connectivity index (χ2v) is 11.2. The first kappa shape index (κ1) is 23.7. The minimum Gasteiger partial charge on any atom is -0.492 e. The minimum absolute atomic E-state index is 0.0318. The molecule has 35 heavy (non-hydrogen) atoms. The monoisotopic (exact) mass is 540 g/mol. The number of nitrogens with one attached hydrogen (secondary N) is 1. The predicted octanol–water partition coefficient (Wildman–Crippen LogP) is 5.79. The molecule has 0 unspecified atom stereocenters. The number of piperidine rings is 1. The van der Waals surface area contributed by atoms with E-state index in [-0.39, 0.29) is 11.3 Å². The Morgan fingerprint density at radius 2 is 1.91 bits per heavy atom. The van der Waals surface area contributed by atoms with Gasteiger partial charge in [-0.15, -0.1) is 0 Å². The Hall–Kier alpha value is -3.00. The van der Waals surface area contributed by atoms with Gasteiger partial charge in [-0.3, -0.25) is 4.79 Å². The Morgan fingerprint density at radius 3 is 2.66 bits per heavy atom. The van der Waals surface area contributed by atoms with E-state index in [0.29, 0.717) is 31.8 Å². The zero-order valence-electron chi connectivity index (χ0n) is 20.2. The lowest BCUT2D eigenvalue weighted by atomic mass is 9.74. The van der Waals surface area contributed by atoms with Crippen molar-refractivity contribution < 1.29 is 23.5 Å². The lowest BCUT2D eigenvalue weighted by Crippen LogP contribution is -2.46. The molecule has 2 aliphatic rings. The molecule has 1 aromatic heterocycles. The fourth-order valence-corrected chi connectivity index (χ4v) is 5.28. The number of hydrogen-bond donors (Lipinski definition) is 1. The number of ether oxygens (including phenoxy) is 2. The highest BCUT2D eigenvalue weighted by atomic mass is 79.9. The molecule has 0 atom stereocenters. The number of nitrogens with zero attached hydrogens (tertiary/aromatic N) is 1. The average Bonchev–Trinajstić information content (AvgIpc) is 3.37. The van der Waals surface area contributed by atoms with Gasteiger partial charge in [-0.1, -0.05) is 6.07 Å². The van der Waals surface area contributed by atoms with Crippen molar-refractivity contribution in [3.63, 3.8) is 0 Å². The van der Waals surface area contributed by atoms with E-state index >= 15 is 0 Å². The first-order valence-electron chi connectivity index (χ1n) is 11.8. The van der Waals surface area contributed by atoms with E-state index < -0.39 is 11.7 Å². The third kappa shape index (κ3) is 4.76. The van der Waals surface area contributed by atoms with Gasteiger partial charge in [0.25, 0.3) is 5.91 Å². The van der Waals surface area contributed by atoms with Crippen molar-refractivity contribution >= 4 is 38.9 Å². The van der Waals surface area contributed by atoms with Crippen molar-refractivity contribution in [2.24, 2.45) is 0 Å². The molecule has 3 heterocycles. The highest BCUT2D eigenvalue weighted by Crippen LogP contribution is 2.46. The second kappa shape index (κ2) is 8.90. The Kier molecular flexibility index (Phi) is 6.03. The number of benzene rings is 2. The number of carbonyl (C=O) groups excluding carboxylic acids is 2. The maximum Gasteiger partial charge on any atom is 0.407 e. The lowest BCUT2D eigenvalue weighted by molar-refractivity contribution is 0.0523. The van der Waals surface area contributed by atoms with Crippen molar-refractivity contribution in [2.45, 2.75) is 51.2 Å². The van der Waals surface area contributed by atoms with Crippen molar-refractivity contribution in [1.29, 1.82) is 0 Å². The van der Waals surface area contributed by atoms with Gasteiger partial charge in [-0.25, -0.2) is 4.79 Å². The molecule has 2 amide bonds. The van der Waals surface area contributed by atoms with Gasteiger partial charge in [0.2, 0.25) is 0 Å². The van der Waals surface area contributed by atoms with E-state index in [0.717, 1.165) is 45.2 Å². The predicted molar refractivity (Wildman–Crippen MR) is 136 cm³/mol. The highest BCUT2D eigenvalue weighted by molar-refractivity contribution is 9.10. The van der Waals surface area contributed by atoms with Gasteiger partial charge in [0, 0.05) is 41.6 Å². The normalized spacial score (nSPS) is 16.7. The summed E-state index contributed by atoms with van der Waals surface area (Å²) in [5, 5.41) is 3.73. The zero-order chi connectivity index (χ0) is 24.8. The van der Waals surface area contributed by atoms with Crippen LogP contribution in [-0.2, 0) is 16.7 Å². The van der Waals surface area contributed by atoms with E-state index in [1.807, 2.05) is 56.0 Å². The van der Waals surface area contributed by atoms with Crippen LogP contribution in [0.2, 0.25) is 0 Å². The number of alkyl carbamates (subject to hydrolysis) is 1. The summed E-state index contributed by atoms with van der Waals surface area (Å²) in [6, 6.07) is 11.6. The molecule has 5 rings (SSSR count). The van der Waals surface area contributed by atoms with Crippen LogP contribution in [0.5, 0.6) is 5.75 Å². The molecule has 1 fully saturated rings. The molecule has 1 N–H and O–H groups in total. The second-order valence-electron chi connectivity index (χ2n) is 10.3. The number of fused-ring (bicyclic) bond motifs is 3. The quantitative estimate of drug-likeness (QED) is 0.454. The number of halogens is 1. The molecule has 1 spiro atoms. The molecule has 8 heteroatoms. The van der Waals surface area contributed by atoms with Crippen molar-refractivity contribution in [2.75, 3.05) is 19.7 Å². The number of hydrogen-bond acceptors (Lipinski definition) is 5. The molecule has 184 valence electrons. The third-order valence-electron chi connectivity index (χ3n) is 6.74. The maximum atomic E-state index is 13.2. The summed E-state index contributed by atoms with van der Waals surface area (Å²) >= 11 is 3.48.